The van der Waals surface area contributed by atoms with Crippen LogP contribution < -0.4 is 5.32 Å². The maximum Gasteiger partial charge on any atom is 0.294 e. The molecule has 0 fully saturated rings. The molecule has 0 heterocycles. The second-order valence-electron chi connectivity index (χ2n) is 9.69. The van der Waals surface area contributed by atoms with E-state index in [9.17, 15) is 13.0 Å². The Balaban J connectivity index is 1.32. The molecule has 0 radical (unpaired) electrons. The molecule has 0 aliphatic heterocycles. The minimum atomic E-state index is -4.34. The zero-order valence-corrected chi connectivity index (χ0v) is 23.3. The number of benzene rings is 6. The van der Waals surface area contributed by atoms with Gasteiger partial charge in [0.25, 0.3) is 10.1 Å². The van der Waals surface area contributed by atoms with Crippen LogP contribution in [-0.4, -0.2) is 13.0 Å². The summed E-state index contributed by atoms with van der Waals surface area (Å²) in [6.07, 6.45) is 0. The molecule has 0 spiro atoms. The van der Waals surface area contributed by atoms with E-state index in [2.05, 4.69) is 63.0 Å². The molecule has 0 saturated heterocycles. The van der Waals surface area contributed by atoms with Gasteiger partial charge in [0.15, 0.2) is 0 Å². The van der Waals surface area contributed by atoms with Gasteiger partial charge in [0, 0.05) is 32.9 Å². The summed E-state index contributed by atoms with van der Waals surface area (Å²) in [5, 5.41) is 24.9. The van der Waals surface area contributed by atoms with Crippen molar-refractivity contribution >= 4 is 65.8 Å². The number of aryl methyl sites for hydroxylation is 1. The van der Waals surface area contributed by atoms with Gasteiger partial charge in [-0.05, 0) is 61.5 Å². The highest BCUT2D eigenvalue weighted by Gasteiger charge is 2.11. The van der Waals surface area contributed by atoms with Crippen LogP contribution in [0.4, 0.5) is 34.1 Å². The molecule has 8 nitrogen and oxygen atoms in total. The van der Waals surface area contributed by atoms with E-state index in [1.165, 1.54) is 23.8 Å². The number of anilines is 2. The van der Waals surface area contributed by atoms with Crippen LogP contribution in [0.3, 0.4) is 0 Å². The van der Waals surface area contributed by atoms with Crippen LogP contribution in [-0.2, 0) is 10.1 Å². The molecule has 0 aliphatic carbocycles. The molecule has 0 aliphatic rings. The van der Waals surface area contributed by atoms with Crippen molar-refractivity contribution in [2.45, 2.75) is 11.8 Å². The summed E-state index contributed by atoms with van der Waals surface area (Å²) >= 11 is 0. The molecular formula is C33H25N5O3S. The molecule has 9 heteroatoms. The van der Waals surface area contributed by atoms with Crippen LogP contribution >= 0.6 is 0 Å². The lowest BCUT2D eigenvalue weighted by Crippen LogP contribution is -1.96. The lowest BCUT2D eigenvalue weighted by Gasteiger charge is -2.11. The van der Waals surface area contributed by atoms with Gasteiger partial charge in [-0.1, -0.05) is 72.3 Å². The predicted molar refractivity (Wildman–Crippen MR) is 167 cm³/mol. The molecule has 0 aromatic heterocycles. The van der Waals surface area contributed by atoms with Crippen molar-refractivity contribution in [1.82, 2.24) is 0 Å². The lowest BCUT2D eigenvalue weighted by molar-refractivity contribution is 0.483. The molecule has 0 unspecified atom stereocenters. The van der Waals surface area contributed by atoms with Gasteiger partial charge < -0.3 is 5.32 Å². The number of nitrogens with zero attached hydrogens (tertiary/aromatic N) is 4. The van der Waals surface area contributed by atoms with E-state index in [4.69, 9.17) is 0 Å². The summed E-state index contributed by atoms with van der Waals surface area (Å²) in [7, 11) is -4.34. The maximum absolute atomic E-state index is 11.5. The SMILES string of the molecule is Cc1ccc(Nc2ccc(N=Nc3ccc(N=Nc4cccc(S(=O)(=O)O)c4)c4ccccc34)c3ccccc23)cc1. The zero-order valence-electron chi connectivity index (χ0n) is 22.5. The van der Waals surface area contributed by atoms with E-state index in [0.29, 0.717) is 17.1 Å². The molecule has 6 aromatic carbocycles. The standard InChI is InChI=1S/C33H25N5O3S/c1-22-13-15-23(16-14-22)34-30-17-18-32(27-10-3-2-9-26(27)30)37-38-33-20-19-31(28-11-4-5-12-29(28)33)36-35-24-7-6-8-25(21-24)42(39,40)41/h2-21,34H,1H3,(H,39,40,41). The van der Waals surface area contributed by atoms with Crippen LogP contribution in [0.1, 0.15) is 5.56 Å². The van der Waals surface area contributed by atoms with Crippen molar-refractivity contribution in [3.63, 3.8) is 0 Å². The number of hydrogen-bond acceptors (Lipinski definition) is 7. The number of hydrogen-bond donors (Lipinski definition) is 2. The van der Waals surface area contributed by atoms with Crippen molar-refractivity contribution in [3.05, 3.63) is 127 Å². The molecule has 0 saturated carbocycles. The number of fused-ring (bicyclic) bond motifs is 2. The Bertz CT molecular complexity index is 2110. The van der Waals surface area contributed by atoms with Crippen LogP contribution in [0.15, 0.2) is 147 Å². The Morgan fingerprint density at radius 1 is 0.571 bits per heavy atom. The number of nitrogens with one attached hydrogen (secondary N) is 1. The third-order valence-corrected chi connectivity index (χ3v) is 7.61. The highest BCUT2D eigenvalue weighted by atomic mass is 32.2. The minimum absolute atomic E-state index is 0.244. The minimum Gasteiger partial charge on any atom is -0.355 e. The van der Waals surface area contributed by atoms with Crippen LogP contribution in [0.5, 0.6) is 0 Å². The normalized spacial score (nSPS) is 12.0. The molecule has 206 valence electrons. The molecule has 0 amide bonds. The quantitative estimate of drug-likeness (QED) is 0.146. The molecule has 0 atom stereocenters. The molecular weight excluding hydrogens is 546 g/mol. The van der Waals surface area contributed by atoms with Gasteiger partial charge in [0.2, 0.25) is 0 Å². The van der Waals surface area contributed by atoms with E-state index in [1.54, 1.807) is 12.1 Å². The first-order valence-corrected chi connectivity index (χ1v) is 14.6. The fourth-order valence-electron chi connectivity index (χ4n) is 4.64. The highest BCUT2D eigenvalue weighted by molar-refractivity contribution is 7.85. The van der Waals surface area contributed by atoms with Gasteiger partial charge in [-0.25, -0.2) is 0 Å². The first kappa shape index (κ1) is 26.9. The van der Waals surface area contributed by atoms with Gasteiger partial charge in [0.05, 0.1) is 27.6 Å². The third kappa shape index (κ3) is 5.78. The van der Waals surface area contributed by atoms with Gasteiger partial charge in [-0.2, -0.15) is 13.5 Å². The van der Waals surface area contributed by atoms with E-state index < -0.39 is 10.1 Å². The molecule has 0 bridgehead atoms. The topological polar surface area (TPSA) is 116 Å². The Morgan fingerprint density at radius 3 is 1.69 bits per heavy atom. The van der Waals surface area contributed by atoms with Crippen molar-refractivity contribution in [2.24, 2.45) is 20.5 Å². The average molecular weight is 572 g/mol. The monoisotopic (exact) mass is 571 g/mol. The van der Waals surface area contributed by atoms with Crippen molar-refractivity contribution in [2.75, 3.05) is 5.32 Å². The third-order valence-electron chi connectivity index (χ3n) is 6.76. The Kier molecular flexibility index (Phi) is 7.26. The predicted octanol–water partition coefficient (Wildman–Crippen LogP) is 10.1. The average Bonchev–Trinajstić information content (AvgIpc) is 3.00. The summed E-state index contributed by atoms with van der Waals surface area (Å²) < 4.78 is 32.3. The molecule has 6 rings (SSSR count). The largest absolute Gasteiger partial charge is 0.355 e. The zero-order chi connectivity index (χ0) is 29.1. The van der Waals surface area contributed by atoms with Gasteiger partial charge in [0.1, 0.15) is 0 Å². The maximum atomic E-state index is 11.5. The van der Waals surface area contributed by atoms with E-state index in [0.717, 1.165) is 38.6 Å². The Labute approximate surface area is 242 Å². The number of azo groups is 2. The first-order valence-electron chi connectivity index (χ1n) is 13.1. The second-order valence-corrected chi connectivity index (χ2v) is 11.1. The van der Waals surface area contributed by atoms with Crippen LogP contribution in [0.25, 0.3) is 21.5 Å². The first-order chi connectivity index (χ1) is 20.3. The smallest absolute Gasteiger partial charge is 0.294 e. The van der Waals surface area contributed by atoms with Gasteiger partial charge in [-0.15, -0.1) is 15.3 Å². The van der Waals surface area contributed by atoms with Crippen LogP contribution in [0, 0.1) is 6.92 Å². The Morgan fingerprint density at radius 2 is 1.10 bits per heavy atom. The van der Waals surface area contributed by atoms with Crippen LogP contribution in [0.2, 0.25) is 0 Å². The summed E-state index contributed by atoms with van der Waals surface area (Å²) in [6.45, 7) is 2.06. The van der Waals surface area contributed by atoms with Crippen molar-refractivity contribution in [3.8, 4) is 0 Å². The summed E-state index contributed by atoms with van der Waals surface area (Å²) in [4.78, 5) is -0.244. The van der Waals surface area contributed by atoms with Gasteiger partial charge in [-0.3, -0.25) is 4.55 Å². The molecule has 2 N–H and O–H groups in total. The van der Waals surface area contributed by atoms with E-state index >= 15 is 0 Å². The van der Waals surface area contributed by atoms with E-state index in [1.807, 2.05) is 60.7 Å². The summed E-state index contributed by atoms with van der Waals surface area (Å²) in [6, 6.07) is 37.2. The Hall–Kier alpha value is -5.25. The molecule has 42 heavy (non-hydrogen) atoms. The lowest BCUT2D eigenvalue weighted by atomic mass is 10.1. The summed E-state index contributed by atoms with van der Waals surface area (Å²) in [5.41, 5.74) is 5.49. The molecule has 6 aromatic rings. The number of rotatable bonds is 7. The fourth-order valence-corrected chi connectivity index (χ4v) is 5.16. The second kappa shape index (κ2) is 11.3. The highest BCUT2D eigenvalue weighted by Crippen LogP contribution is 2.37. The van der Waals surface area contributed by atoms with Crippen molar-refractivity contribution < 1.29 is 13.0 Å². The van der Waals surface area contributed by atoms with Gasteiger partial charge >= 0.3 is 0 Å². The fraction of sp³-hybridized carbons (Fsp3) is 0.0303. The summed E-state index contributed by atoms with van der Waals surface area (Å²) in [5.74, 6) is 0. The van der Waals surface area contributed by atoms with E-state index in [-0.39, 0.29) is 4.90 Å². The van der Waals surface area contributed by atoms with Crippen molar-refractivity contribution in [1.29, 1.82) is 0 Å².